The van der Waals surface area contributed by atoms with Gasteiger partial charge in [-0.1, -0.05) is 18.2 Å². The molecule has 0 amide bonds. The minimum atomic E-state index is -3.72. The van der Waals surface area contributed by atoms with Gasteiger partial charge in [-0.25, -0.2) is 12.8 Å². The van der Waals surface area contributed by atoms with Crippen molar-refractivity contribution in [2.75, 3.05) is 26.2 Å². The molecular weight excluding hydrogens is 361 g/mol. The number of nitro groups is 1. The van der Waals surface area contributed by atoms with Gasteiger partial charge in [0.1, 0.15) is 5.82 Å². The fraction of sp³-hybridized carbons (Fsp3) is 0.294. The maximum absolute atomic E-state index is 13.3. The molecule has 3 rings (SSSR count). The summed E-state index contributed by atoms with van der Waals surface area (Å²) >= 11 is 0. The smallest absolute Gasteiger partial charge is 0.269 e. The largest absolute Gasteiger partial charge is 0.296 e. The van der Waals surface area contributed by atoms with Gasteiger partial charge in [0.2, 0.25) is 10.0 Å². The highest BCUT2D eigenvalue weighted by molar-refractivity contribution is 7.89. The van der Waals surface area contributed by atoms with E-state index in [9.17, 15) is 22.9 Å². The summed E-state index contributed by atoms with van der Waals surface area (Å²) in [5.74, 6) is -0.588. The van der Waals surface area contributed by atoms with E-state index in [4.69, 9.17) is 0 Å². The van der Waals surface area contributed by atoms with E-state index in [1.54, 1.807) is 6.07 Å². The van der Waals surface area contributed by atoms with Crippen molar-refractivity contribution in [2.45, 2.75) is 11.4 Å². The molecule has 2 aromatic carbocycles. The summed E-state index contributed by atoms with van der Waals surface area (Å²) in [6.07, 6.45) is 0. The van der Waals surface area contributed by atoms with Crippen molar-refractivity contribution in [1.29, 1.82) is 0 Å². The van der Waals surface area contributed by atoms with Gasteiger partial charge < -0.3 is 0 Å². The van der Waals surface area contributed by atoms with Gasteiger partial charge in [-0.2, -0.15) is 4.31 Å². The number of sulfonamides is 1. The maximum Gasteiger partial charge on any atom is 0.269 e. The highest BCUT2D eigenvalue weighted by Gasteiger charge is 2.28. The van der Waals surface area contributed by atoms with E-state index in [0.29, 0.717) is 19.6 Å². The summed E-state index contributed by atoms with van der Waals surface area (Å²) < 4.78 is 39.8. The highest BCUT2D eigenvalue weighted by atomic mass is 32.2. The molecular formula is C17H18FN3O4S. The lowest BCUT2D eigenvalue weighted by atomic mass is 10.2. The highest BCUT2D eigenvalue weighted by Crippen LogP contribution is 2.20. The van der Waals surface area contributed by atoms with Gasteiger partial charge in [0.05, 0.1) is 9.82 Å². The molecule has 1 aliphatic heterocycles. The number of hydrogen-bond donors (Lipinski definition) is 0. The Morgan fingerprint density at radius 2 is 1.73 bits per heavy atom. The van der Waals surface area contributed by atoms with Gasteiger partial charge in [0.15, 0.2) is 0 Å². The van der Waals surface area contributed by atoms with E-state index >= 15 is 0 Å². The van der Waals surface area contributed by atoms with Crippen molar-refractivity contribution < 1.29 is 17.7 Å². The number of nitrogens with zero attached hydrogens (tertiary/aromatic N) is 3. The monoisotopic (exact) mass is 379 g/mol. The number of nitro benzene ring substituents is 1. The lowest BCUT2D eigenvalue weighted by molar-refractivity contribution is -0.384. The van der Waals surface area contributed by atoms with Crippen molar-refractivity contribution in [2.24, 2.45) is 0 Å². The Labute approximate surface area is 150 Å². The molecule has 0 unspecified atom stereocenters. The number of non-ortho nitro benzene ring substituents is 1. The van der Waals surface area contributed by atoms with Crippen LogP contribution in [0, 0.1) is 15.9 Å². The molecule has 0 bridgehead atoms. The van der Waals surface area contributed by atoms with E-state index in [2.05, 4.69) is 0 Å². The first-order valence-electron chi connectivity index (χ1n) is 8.08. The first-order valence-corrected chi connectivity index (χ1v) is 9.52. The first-order chi connectivity index (χ1) is 12.4. The maximum atomic E-state index is 13.3. The molecule has 7 nitrogen and oxygen atoms in total. The SMILES string of the molecule is O=[N+]([O-])c1cccc(CN2CCN(S(=O)(=O)c3cccc(F)c3)CC2)c1. The second-order valence-electron chi connectivity index (χ2n) is 6.06. The number of halogens is 1. The number of piperazine rings is 1. The van der Waals surface area contributed by atoms with Crippen LogP contribution in [-0.2, 0) is 16.6 Å². The van der Waals surface area contributed by atoms with Crippen LogP contribution in [0.2, 0.25) is 0 Å². The van der Waals surface area contributed by atoms with Gasteiger partial charge in [0.25, 0.3) is 5.69 Å². The molecule has 1 fully saturated rings. The third-order valence-corrected chi connectivity index (χ3v) is 6.19. The Hall–Kier alpha value is -2.36. The molecule has 0 radical (unpaired) electrons. The Balaban J connectivity index is 1.64. The summed E-state index contributed by atoms with van der Waals surface area (Å²) in [6, 6.07) is 11.4. The Bertz CT molecular complexity index is 912. The van der Waals surface area contributed by atoms with Crippen molar-refractivity contribution in [1.82, 2.24) is 9.21 Å². The van der Waals surface area contributed by atoms with Gasteiger partial charge in [-0.05, 0) is 23.8 Å². The molecule has 26 heavy (non-hydrogen) atoms. The van der Waals surface area contributed by atoms with Crippen LogP contribution in [0.5, 0.6) is 0 Å². The van der Waals surface area contributed by atoms with Crippen molar-refractivity contribution in [3.8, 4) is 0 Å². The third kappa shape index (κ3) is 4.06. The minimum Gasteiger partial charge on any atom is -0.296 e. The zero-order valence-electron chi connectivity index (χ0n) is 13.9. The normalized spacial score (nSPS) is 16.5. The third-order valence-electron chi connectivity index (χ3n) is 4.29. The van der Waals surface area contributed by atoms with Crippen molar-refractivity contribution in [3.05, 3.63) is 70.0 Å². The summed E-state index contributed by atoms with van der Waals surface area (Å²) in [7, 11) is -3.72. The van der Waals surface area contributed by atoms with Crippen LogP contribution in [-0.4, -0.2) is 48.7 Å². The predicted octanol–water partition coefficient (Wildman–Crippen LogP) is 2.24. The van der Waals surface area contributed by atoms with Gasteiger partial charge in [0, 0.05) is 44.9 Å². The van der Waals surface area contributed by atoms with E-state index in [0.717, 1.165) is 11.6 Å². The minimum absolute atomic E-state index is 0.0369. The van der Waals surface area contributed by atoms with E-state index < -0.39 is 20.8 Å². The second-order valence-corrected chi connectivity index (χ2v) is 8.00. The van der Waals surface area contributed by atoms with E-state index in [-0.39, 0.29) is 23.7 Å². The average Bonchev–Trinajstić information content (AvgIpc) is 2.62. The van der Waals surface area contributed by atoms with Crippen LogP contribution in [0.15, 0.2) is 53.4 Å². The number of hydrogen-bond acceptors (Lipinski definition) is 5. The molecule has 0 N–H and O–H groups in total. The Kier molecular flexibility index (Phi) is 5.30. The zero-order chi connectivity index (χ0) is 18.7. The molecule has 1 heterocycles. The van der Waals surface area contributed by atoms with Crippen LogP contribution >= 0.6 is 0 Å². The molecule has 1 aliphatic rings. The van der Waals surface area contributed by atoms with E-state index in [1.165, 1.54) is 34.6 Å². The summed E-state index contributed by atoms with van der Waals surface area (Å²) in [4.78, 5) is 12.4. The molecule has 2 aromatic rings. The standard InChI is InChI=1S/C17H18FN3O4S/c18-15-4-2-6-17(12-15)26(24,25)20-9-7-19(8-10-20)13-14-3-1-5-16(11-14)21(22)23/h1-6,11-12H,7-10,13H2. The van der Waals surface area contributed by atoms with Crippen LogP contribution < -0.4 is 0 Å². The van der Waals surface area contributed by atoms with Gasteiger partial charge in [-0.3, -0.25) is 15.0 Å². The Morgan fingerprint density at radius 1 is 1.04 bits per heavy atom. The first kappa shape index (κ1) is 18.4. The van der Waals surface area contributed by atoms with Crippen molar-refractivity contribution >= 4 is 15.7 Å². The molecule has 0 saturated carbocycles. The quantitative estimate of drug-likeness (QED) is 0.588. The van der Waals surface area contributed by atoms with Gasteiger partial charge >= 0.3 is 0 Å². The van der Waals surface area contributed by atoms with Crippen LogP contribution in [0.25, 0.3) is 0 Å². The number of benzene rings is 2. The van der Waals surface area contributed by atoms with Gasteiger partial charge in [-0.15, -0.1) is 0 Å². The average molecular weight is 379 g/mol. The lowest BCUT2D eigenvalue weighted by Crippen LogP contribution is -2.48. The molecule has 9 heteroatoms. The molecule has 1 saturated heterocycles. The number of rotatable bonds is 5. The van der Waals surface area contributed by atoms with E-state index in [1.807, 2.05) is 11.0 Å². The van der Waals surface area contributed by atoms with Crippen LogP contribution in [0.4, 0.5) is 10.1 Å². The molecule has 0 atom stereocenters. The topological polar surface area (TPSA) is 83.8 Å². The zero-order valence-corrected chi connectivity index (χ0v) is 14.7. The molecule has 0 aromatic heterocycles. The fourth-order valence-corrected chi connectivity index (χ4v) is 4.39. The predicted molar refractivity (Wildman–Crippen MR) is 93.5 cm³/mol. The fourth-order valence-electron chi connectivity index (χ4n) is 2.93. The molecule has 0 spiro atoms. The van der Waals surface area contributed by atoms with Crippen molar-refractivity contribution in [3.63, 3.8) is 0 Å². The molecule has 0 aliphatic carbocycles. The summed E-state index contributed by atoms with van der Waals surface area (Å²) in [5.41, 5.74) is 0.843. The van der Waals surface area contributed by atoms with Crippen LogP contribution in [0.1, 0.15) is 5.56 Å². The lowest BCUT2D eigenvalue weighted by Gasteiger charge is -2.34. The second kappa shape index (κ2) is 7.48. The van der Waals surface area contributed by atoms with Crippen LogP contribution in [0.3, 0.4) is 0 Å². The summed E-state index contributed by atoms with van der Waals surface area (Å²) in [5, 5.41) is 10.8. The Morgan fingerprint density at radius 3 is 2.38 bits per heavy atom. The molecule has 138 valence electrons. The summed E-state index contributed by atoms with van der Waals surface area (Å²) in [6.45, 7) is 2.07.